The number of nitrogens with zero attached hydrogens (tertiary/aromatic N) is 2. The highest BCUT2D eigenvalue weighted by Crippen LogP contribution is 2.34. The Morgan fingerprint density at radius 2 is 2.14 bits per heavy atom. The second kappa shape index (κ2) is 5.35. The number of rotatable bonds is 2. The highest BCUT2D eigenvalue weighted by molar-refractivity contribution is 6.32. The zero-order valence-electron chi connectivity index (χ0n) is 11.0. The third-order valence-corrected chi connectivity index (χ3v) is 3.94. The van der Waals surface area contributed by atoms with Crippen LogP contribution >= 0.6 is 11.6 Å². The van der Waals surface area contributed by atoms with Crippen LogP contribution < -0.4 is 5.32 Å². The van der Waals surface area contributed by atoms with E-state index in [0.29, 0.717) is 5.69 Å². The van der Waals surface area contributed by atoms with E-state index in [1.54, 1.807) is 10.8 Å². The average Bonchev–Trinajstić information content (AvgIpc) is 3.08. The lowest BCUT2D eigenvalue weighted by Crippen LogP contribution is -2.16. The van der Waals surface area contributed by atoms with Gasteiger partial charge in [0.1, 0.15) is 0 Å². The summed E-state index contributed by atoms with van der Waals surface area (Å²) in [6, 6.07) is 3.41. The number of alkyl halides is 3. The second-order valence-corrected chi connectivity index (χ2v) is 5.41. The van der Waals surface area contributed by atoms with Crippen LogP contribution in [0, 0.1) is 0 Å². The van der Waals surface area contributed by atoms with Crippen molar-refractivity contribution in [2.75, 3.05) is 6.54 Å². The Labute approximate surface area is 124 Å². The van der Waals surface area contributed by atoms with Crippen LogP contribution in [0.4, 0.5) is 13.2 Å². The van der Waals surface area contributed by atoms with Crippen molar-refractivity contribution in [2.45, 2.75) is 25.1 Å². The minimum absolute atomic E-state index is 0.0955. The Hall–Kier alpha value is -1.53. The lowest BCUT2D eigenvalue weighted by atomic mass is 10.1. The van der Waals surface area contributed by atoms with Crippen molar-refractivity contribution < 1.29 is 13.2 Å². The number of hydrogen-bond acceptors (Lipinski definition) is 2. The van der Waals surface area contributed by atoms with Crippen molar-refractivity contribution in [3.05, 3.63) is 47.0 Å². The Kier molecular flexibility index (Phi) is 3.67. The SMILES string of the molecule is FC(F)(F)c1ccc(Cl)c(-n2cncc2[C@@H]2CCCN2)c1. The molecule has 0 aliphatic carbocycles. The lowest BCUT2D eigenvalue weighted by molar-refractivity contribution is -0.137. The maximum absolute atomic E-state index is 12.9. The summed E-state index contributed by atoms with van der Waals surface area (Å²) >= 11 is 6.08. The largest absolute Gasteiger partial charge is 0.416 e. The second-order valence-electron chi connectivity index (χ2n) is 5.00. The van der Waals surface area contributed by atoms with Crippen LogP contribution in [-0.2, 0) is 6.18 Å². The summed E-state index contributed by atoms with van der Waals surface area (Å²) in [5, 5.41) is 3.57. The molecule has 2 aromatic rings. The number of hydrogen-bond donors (Lipinski definition) is 1. The van der Waals surface area contributed by atoms with Gasteiger partial charge in [0.05, 0.1) is 34.5 Å². The third kappa shape index (κ3) is 2.78. The van der Waals surface area contributed by atoms with Crippen molar-refractivity contribution in [1.29, 1.82) is 0 Å². The molecule has 1 aromatic heterocycles. The fourth-order valence-electron chi connectivity index (χ4n) is 2.57. The summed E-state index contributed by atoms with van der Waals surface area (Å²) in [7, 11) is 0. The summed E-state index contributed by atoms with van der Waals surface area (Å²) in [6.45, 7) is 0.895. The van der Waals surface area contributed by atoms with Gasteiger partial charge in [-0.15, -0.1) is 0 Å². The first-order valence-electron chi connectivity index (χ1n) is 6.59. The van der Waals surface area contributed by atoms with Gasteiger partial charge in [0.2, 0.25) is 0 Å². The standard InChI is InChI=1S/C14H13ClF3N3/c15-10-4-3-9(14(16,17)18)6-12(10)21-8-19-7-13(21)11-2-1-5-20-11/h3-4,6-8,11,20H,1-2,5H2/t11-/m0/s1. The molecule has 1 N–H and O–H groups in total. The van der Waals surface area contributed by atoms with Gasteiger partial charge in [0.15, 0.2) is 0 Å². The molecule has 0 saturated carbocycles. The van der Waals surface area contributed by atoms with Crippen molar-refractivity contribution in [2.24, 2.45) is 0 Å². The van der Waals surface area contributed by atoms with Crippen LogP contribution in [0.25, 0.3) is 5.69 Å². The molecule has 1 atom stereocenters. The predicted octanol–water partition coefficient (Wildman–Crippen LogP) is 3.97. The van der Waals surface area contributed by atoms with Crippen molar-refractivity contribution in [1.82, 2.24) is 14.9 Å². The molecule has 1 fully saturated rings. The van der Waals surface area contributed by atoms with Gasteiger partial charge >= 0.3 is 6.18 Å². The number of aromatic nitrogens is 2. The van der Waals surface area contributed by atoms with Gasteiger partial charge in [-0.2, -0.15) is 13.2 Å². The molecular weight excluding hydrogens is 303 g/mol. The monoisotopic (exact) mass is 315 g/mol. The van der Waals surface area contributed by atoms with Gasteiger partial charge in [0.25, 0.3) is 0 Å². The summed E-state index contributed by atoms with van der Waals surface area (Å²) in [4.78, 5) is 4.06. The molecule has 112 valence electrons. The van der Waals surface area contributed by atoms with E-state index in [0.717, 1.165) is 37.2 Å². The summed E-state index contributed by atoms with van der Waals surface area (Å²) < 4.78 is 40.2. The Morgan fingerprint density at radius 3 is 2.81 bits per heavy atom. The van der Waals surface area contributed by atoms with Crippen LogP contribution in [0.1, 0.15) is 30.1 Å². The van der Waals surface area contributed by atoms with Crippen molar-refractivity contribution in [3.8, 4) is 5.69 Å². The normalized spacial score (nSPS) is 19.1. The van der Waals surface area contributed by atoms with Gasteiger partial charge in [-0.05, 0) is 37.6 Å². The smallest absolute Gasteiger partial charge is 0.309 e. The van der Waals surface area contributed by atoms with Gasteiger partial charge in [0, 0.05) is 6.04 Å². The molecule has 1 aromatic carbocycles. The number of nitrogens with one attached hydrogen (secondary N) is 1. The van der Waals surface area contributed by atoms with Gasteiger partial charge in [-0.3, -0.25) is 0 Å². The quantitative estimate of drug-likeness (QED) is 0.909. The number of imidazole rings is 1. The maximum atomic E-state index is 12.9. The molecule has 0 amide bonds. The van der Waals surface area contributed by atoms with Gasteiger partial charge < -0.3 is 9.88 Å². The van der Waals surface area contributed by atoms with Crippen LogP contribution in [0.5, 0.6) is 0 Å². The molecule has 1 aliphatic rings. The van der Waals surface area contributed by atoms with E-state index >= 15 is 0 Å². The summed E-state index contributed by atoms with van der Waals surface area (Å²) in [6.07, 6.45) is 0.733. The van der Waals surface area contributed by atoms with Gasteiger partial charge in [-0.25, -0.2) is 4.98 Å². The molecule has 0 unspecified atom stereocenters. The fourth-order valence-corrected chi connectivity index (χ4v) is 2.78. The molecule has 3 rings (SSSR count). The molecule has 3 nitrogen and oxygen atoms in total. The van der Waals surface area contributed by atoms with E-state index in [-0.39, 0.29) is 11.1 Å². The van der Waals surface area contributed by atoms with E-state index in [9.17, 15) is 13.2 Å². The zero-order valence-corrected chi connectivity index (χ0v) is 11.7. The third-order valence-electron chi connectivity index (χ3n) is 3.62. The van der Waals surface area contributed by atoms with Crippen LogP contribution in [0.15, 0.2) is 30.7 Å². The summed E-state index contributed by atoms with van der Waals surface area (Å²) in [5.74, 6) is 0. The zero-order chi connectivity index (χ0) is 15.0. The summed E-state index contributed by atoms with van der Waals surface area (Å²) in [5.41, 5.74) is 0.405. The van der Waals surface area contributed by atoms with E-state index < -0.39 is 11.7 Å². The molecule has 1 aliphatic heterocycles. The first kappa shape index (κ1) is 14.4. The average molecular weight is 316 g/mol. The first-order valence-corrected chi connectivity index (χ1v) is 6.97. The predicted molar refractivity (Wildman–Crippen MR) is 73.6 cm³/mol. The molecule has 1 saturated heterocycles. The van der Waals surface area contributed by atoms with E-state index in [1.165, 1.54) is 12.4 Å². The maximum Gasteiger partial charge on any atom is 0.416 e. The highest BCUT2D eigenvalue weighted by Gasteiger charge is 2.31. The highest BCUT2D eigenvalue weighted by atomic mass is 35.5. The van der Waals surface area contributed by atoms with E-state index in [2.05, 4.69) is 10.3 Å². The molecule has 21 heavy (non-hydrogen) atoms. The fraction of sp³-hybridized carbons (Fsp3) is 0.357. The number of benzene rings is 1. The molecular formula is C14H13ClF3N3. The van der Waals surface area contributed by atoms with Crippen LogP contribution in [-0.4, -0.2) is 16.1 Å². The minimum atomic E-state index is -4.40. The van der Waals surface area contributed by atoms with Gasteiger partial charge in [-0.1, -0.05) is 11.6 Å². The molecule has 0 spiro atoms. The first-order chi connectivity index (χ1) is 9.97. The lowest BCUT2D eigenvalue weighted by Gasteiger charge is -2.16. The molecule has 7 heteroatoms. The topological polar surface area (TPSA) is 29.9 Å². The Morgan fingerprint density at radius 1 is 1.33 bits per heavy atom. The number of halogens is 4. The van der Waals surface area contributed by atoms with E-state index in [4.69, 9.17) is 11.6 Å². The van der Waals surface area contributed by atoms with Crippen molar-refractivity contribution >= 4 is 11.6 Å². The van der Waals surface area contributed by atoms with Crippen LogP contribution in [0.3, 0.4) is 0 Å². The Balaban J connectivity index is 2.06. The van der Waals surface area contributed by atoms with E-state index in [1.807, 2.05) is 0 Å². The molecule has 0 bridgehead atoms. The van der Waals surface area contributed by atoms with Crippen molar-refractivity contribution in [3.63, 3.8) is 0 Å². The minimum Gasteiger partial charge on any atom is -0.309 e. The molecule has 0 radical (unpaired) electrons. The Bertz CT molecular complexity index is 645. The van der Waals surface area contributed by atoms with Crippen LogP contribution in [0.2, 0.25) is 5.02 Å². The molecule has 2 heterocycles.